The van der Waals surface area contributed by atoms with Gasteiger partial charge in [-0.15, -0.1) is 0 Å². The number of rotatable bonds is 8. The molecule has 3 aromatic carbocycles. The monoisotopic (exact) mass is 486 g/mol. The minimum atomic E-state index is -3.54. The van der Waals surface area contributed by atoms with E-state index in [1.165, 1.54) is 0 Å². The molecule has 5 rings (SSSR count). The van der Waals surface area contributed by atoms with Gasteiger partial charge < -0.3 is 13.7 Å². The summed E-state index contributed by atoms with van der Waals surface area (Å²) < 4.78 is 42.2. The number of furan rings is 1. The Kier molecular flexibility index (Phi) is 6.20. The summed E-state index contributed by atoms with van der Waals surface area (Å²) in [6.45, 7) is 2.38. The summed E-state index contributed by atoms with van der Waals surface area (Å²) in [7, 11) is -3.54. The van der Waals surface area contributed by atoms with E-state index in [2.05, 4.69) is 10.1 Å². The zero-order valence-corrected chi connectivity index (χ0v) is 19.7. The standard InChI is InChI=1S/C27H22N2O5S/c1-19-7-14-24(15-8-19)35(30,31)18-23-13-16-25(33-23)27-28-26(29-34-27)21-9-11-22(12-10-21)32-17-20-5-3-2-4-6-20/h2-16H,17-18H2,1H3. The number of sulfone groups is 1. The summed E-state index contributed by atoms with van der Waals surface area (Å²) in [5.41, 5.74) is 2.83. The van der Waals surface area contributed by atoms with Crippen LogP contribution in [0.2, 0.25) is 0 Å². The van der Waals surface area contributed by atoms with Gasteiger partial charge in [0.25, 0.3) is 5.89 Å². The summed E-state index contributed by atoms with van der Waals surface area (Å²) in [5.74, 6) is 1.62. The molecule has 176 valence electrons. The van der Waals surface area contributed by atoms with E-state index in [0.29, 0.717) is 24.0 Å². The van der Waals surface area contributed by atoms with E-state index < -0.39 is 9.84 Å². The van der Waals surface area contributed by atoms with Crippen molar-refractivity contribution >= 4 is 9.84 Å². The second-order valence-corrected chi connectivity index (χ2v) is 10.0. The fraction of sp³-hybridized carbons (Fsp3) is 0.111. The summed E-state index contributed by atoms with van der Waals surface area (Å²) in [4.78, 5) is 4.64. The third-order valence-corrected chi connectivity index (χ3v) is 7.03. The second kappa shape index (κ2) is 9.60. The topological polar surface area (TPSA) is 95.4 Å². The van der Waals surface area contributed by atoms with E-state index in [1.54, 1.807) is 36.4 Å². The Morgan fingerprint density at radius 2 is 1.60 bits per heavy atom. The summed E-state index contributed by atoms with van der Waals surface area (Å²) in [6, 6.07) is 27.2. The molecule has 8 heteroatoms. The molecular weight excluding hydrogens is 464 g/mol. The third-order valence-electron chi connectivity index (χ3n) is 5.37. The summed E-state index contributed by atoms with van der Waals surface area (Å²) in [6.07, 6.45) is 0. The van der Waals surface area contributed by atoms with Crippen LogP contribution in [0.5, 0.6) is 5.75 Å². The Balaban J connectivity index is 1.25. The Labute approximate surface area is 202 Å². The van der Waals surface area contributed by atoms with E-state index in [4.69, 9.17) is 13.7 Å². The number of hydrogen-bond acceptors (Lipinski definition) is 7. The molecule has 5 aromatic rings. The molecule has 0 radical (unpaired) electrons. The molecule has 0 aliphatic heterocycles. The molecule has 0 aliphatic carbocycles. The molecule has 0 unspecified atom stereocenters. The molecule has 0 aliphatic rings. The van der Waals surface area contributed by atoms with Crippen molar-refractivity contribution < 1.29 is 22.1 Å². The lowest BCUT2D eigenvalue weighted by atomic mass is 10.2. The highest BCUT2D eigenvalue weighted by Crippen LogP contribution is 2.27. The predicted octanol–water partition coefficient (Wildman–Crippen LogP) is 5.86. The fourth-order valence-corrected chi connectivity index (χ4v) is 4.72. The van der Waals surface area contributed by atoms with Crippen LogP contribution < -0.4 is 4.74 Å². The second-order valence-electron chi connectivity index (χ2n) is 8.06. The van der Waals surface area contributed by atoms with Gasteiger partial charge in [-0.2, -0.15) is 4.98 Å². The predicted molar refractivity (Wildman–Crippen MR) is 130 cm³/mol. The van der Waals surface area contributed by atoms with Crippen molar-refractivity contribution in [1.29, 1.82) is 0 Å². The number of nitrogens with zero attached hydrogens (tertiary/aromatic N) is 2. The van der Waals surface area contributed by atoms with Crippen molar-refractivity contribution in [2.24, 2.45) is 0 Å². The Bertz CT molecular complexity index is 1520. The van der Waals surface area contributed by atoms with Crippen LogP contribution in [0.25, 0.3) is 23.0 Å². The maximum absolute atomic E-state index is 12.7. The van der Waals surface area contributed by atoms with Crippen molar-refractivity contribution in [3.8, 4) is 28.8 Å². The molecule has 2 heterocycles. The van der Waals surface area contributed by atoms with Crippen LogP contribution in [0, 0.1) is 6.92 Å². The van der Waals surface area contributed by atoms with E-state index in [9.17, 15) is 8.42 Å². The van der Waals surface area contributed by atoms with Gasteiger partial charge in [-0.25, -0.2) is 8.42 Å². The van der Waals surface area contributed by atoms with Crippen LogP contribution in [0.3, 0.4) is 0 Å². The molecule has 0 N–H and O–H groups in total. The zero-order valence-electron chi connectivity index (χ0n) is 18.9. The lowest BCUT2D eigenvalue weighted by Gasteiger charge is -2.06. The van der Waals surface area contributed by atoms with Crippen LogP contribution in [-0.2, 0) is 22.2 Å². The van der Waals surface area contributed by atoms with Crippen LogP contribution in [0.4, 0.5) is 0 Å². The van der Waals surface area contributed by atoms with Crippen LogP contribution in [-0.4, -0.2) is 18.6 Å². The van der Waals surface area contributed by atoms with Gasteiger partial charge in [-0.05, 0) is 61.0 Å². The number of ether oxygens (including phenoxy) is 1. The number of hydrogen-bond donors (Lipinski definition) is 0. The molecule has 2 aromatic heterocycles. The first-order valence-electron chi connectivity index (χ1n) is 11.0. The minimum Gasteiger partial charge on any atom is -0.489 e. The van der Waals surface area contributed by atoms with Gasteiger partial charge in [-0.1, -0.05) is 53.2 Å². The third kappa shape index (κ3) is 5.33. The number of aromatic nitrogens is 2. The van der Waals surface area contributed by atoms with E-state index >= 15 is 0 Å². The normalized spacial score (nSPS) is 11.5. The highest BCUT2D eigenvalue weighted by Gasteiger charge is 2.20. The number of benzene rings is 3. The van der Waals surface area contributed by atoms with Crippen molar-refractivity contribution in [3.05, 3.63) is 108 Å². The lowest BCUT2D eigenvalue weighted by molar-refractivity contribution is 0.306. The smallest absolute Gasteiger partial charge is 0.293 e. The molecule has 35 heavy (non-hydrogen) atoms. The minimum absolute atomic E-state index is 0.170. The quantitative estimate of drug-likeness (QED) is 0.271. The fourth-order valence-electron chi connectivity index (χ4n) is 3.47. The Morgan fingerprint density at radius 1 is 0.857 bits per heavy atom. The molecular formula is C27H22N2O5S. The average molecular weight is 487 g/mol. The van der Waals surface area contributed by atoms with Crippen LogP contribution >= 0.6 is 0 Å². The van der Waals surface area contributed by atoms with Crippen LogP contribution in [0.15, 0.2) is 105 Å². The molecule has 0 spiro atoms. The zero-order chi connectivity index (χ0) is 24.3. The molecule has 0 saturated heterocycles. The highest BCUT2D eigenvalue weighted by molar-refractivity contribution is 7.90. The van der Waals surface area contributed by atoms with Gasteiger partial charge >= 0.3 is 0 Å². The molecule has 0 atom stereocenters. The SMILES string of the molecule is Cc1ccc(S(=O)(=O)Cc2ccc(-c3nc(-c4ccc(OCc5ccccc5)cc4)no3)o2)cc1. The van der Waals surface area contributed by atoms with Crippen molar-refractivity contribution in [2.45, 2.75) is 24.2 Å². The van der Waals surface area contributed by atoms with E-state index in [-0.39, 0.29) is 16.5 Å². The first kappa shape index (κ1) is 22.6. The van der Waals surface area contributed by atoms with E-state index in [1.807, 2.05) is 61.5 Å². The maximum atomic E-state index is 12.7. The van der Waals surface area contributed by atoms with Crippen molar-refractivity contribution in [1.82, 2.24) is 10.1 Å². The van der Waals surface area contributed by atoms with Gasteiger partial charge in [0.2, 0.25) is 5.82 Å². The van der Waals surface area contributed by atoms with Crippen molar-refractivity contribution in [3.63, 3.8) is 0 Å². The number of aryl methyl sites for hydroxylation is 1. The molecule has 0 fully saturated rings. The van der Waals surface area contributed by atoms with Gasteiger partial charge in [0.1, 0.15) is 23.9 Å². The Morgan fingerprint density at radius 3 is 2.34 bits per heavy atom. The molecule has 0 bridgehead atoms. The van der Waals surface area contributed by atoms with Crippen molar-refractivity contribution in [2.75, 3.05) is 0 Å². The largest absolute Gasteiger partial charge is 0.489 e. The van der Waals surface area contributed by atoms with Gasteiger partial charge in [0.05, 0.1) is 4.90 Å². The maximum Gasteiger partial charge on any atom is 0.293 e. The lowest BCUT2D eigenvalue weighted by Crippen LogP contribution is -2.04. The van der Waals surface area contributed by atoms with Gasteiger partial charge in [-0.3, -0.25) is 0 Å². The van der Waals surface area contributed by atoms with Gasteiger partial charge in [0.15, 0.2) is 15.6 Å². The Hall–Kier alpha value is -4.17. The first-order chi connectivity index (χ1) is 17.0. The molecule has 7 nitrogen and oxygen atoms in total. The highest BCUT2D eigenvalue weighted by atomic mass is 32.2. The van der Waals surface area contributed by atoms with Gasteiger partial charge in [0, 0.05) is 5.56 Å². The van der Waals surface area contributed by atoms with Crippen LogP contribution in [0.1, 0.15) is 16.9 Å². The average Bonchev–Trinajstić information content (AvgIpc) is 3.54. The van der Waals surface area contributed by atoms with E-state index in [0.717, 1.165) is 22.4 Å². The summed E-state index contributed by atoms with van der Waals surface area (Å²) >= 11 is 0. The first-order valence-corrected chi connectivity index (χ1v) is 12.6. The summed E-state index contributed by atoms with van der Waals surface area (Å²) in [5, 5.41) is 4.02. The molecule has 0 saturated carbocycles. The molecule has 0 amide bonds.